The summed E-state index contributed by atoms with van der Waals surface area (Å²) in [5.74, 6) is 0.450. The summed E-state index contributed by atoms with van der Waals surface area (Å²) in [6, 6.07) is 11.4. The highest BCUT2D eigenvalue weighted by molar-refractivity contribution is 9.10. The van der Waals surface area contributed by atoms with Gasteiger partial charge in [-0.05, 0) is 24.3 Å². The molecule has 118 valence electrons. The van der Waals surface area contributed by atoms with Crippen molar-refractivity contribution in [3.63, 3.8) is 0 Å². The van der Waals surface area contributed by atoms with Crippen LogP contribution in [0.4, 0.5) is 0 Å². The van der Waals surface area contributed by atoms with E-state index in [2.05, 4.69) is 26.1 Å². The molecule has 0 bridgehead atoms. The first-order valence-electron chi connectivity index (χ1n) is 6.69. The molecule has 0 saturated carbocycles. The van der Waals surface area contributed by atoms with E-state index in [1.165, 1.54) is 0 Å². The van der Waals surface area contributed by atoms with Crippen LogP contribution < -0.4 is 0 Å². The topological polar surface area (TPSA) is 81.1 Å². The number of nitrogens with zero attached hydrogens (tertiary/aromatic N) is 3. The Bertz CT molecular complexity index is 800. The fourth-order valence-electron chi connectivity index (χ4n) is 2.04. The van der Waals surface area contributed by atoms with Crippen molar-refractivity contribution in [1.29, 1.82) is 0 Å². The summed E-state index contributed by atoms with van der Waals surface area (Å²) < 4.78 is 8.22. The first kappa shape index (κ1) is 15.8. The zero-order valence-electron chi connectivity index (χ0n) is 11.8. The Labute approximate surface area is 144 Å². The third-order valence-electron chi connectivity index (χ3n) is 3.04. The third-order valence-corrected chi connectivity index (χ3v) is 4.52. The number of carboxylic acids is 1. The van der Waals surface area contributed by atoms with Crippen molar-refractivity contribution >= 4 is 33.7 Å². The van der Waals surface area contributed by atoms with E-state index in [-0.39, 0.29) is 5.75 Å². The van der Waals surface area contributed by atoms with Crippen LogP contribution in [0.3, 0.4) is 0 Å². The van der Waals surface area contributed by atoms with Crippen LogP contribution in [0, 0.1) is 0 Å². The van der Waals surface area contributed by atoms with Gasteiger partial charge in [-0.3, -0.25) is 9.36 Å². The van der Waals surface area contributed by atoms with Crippen LogP contribution in [0.15, 0.2) is 56.7 Å². The molecule has 0 spiro atoms. The van der Waals surface area contributed by atoms with Crippen molar-refractivity contribution in [1.82, 2.24) is 14.8 Å². The molecule has 3 aromatic rings. The molecule has 1 N–H and O–H groups in total. The fourth-order valence-corrected chi connectivity index (χ4v) is 2.96. The third kappa shape index (κ3) is 3.83. The largest absolute Gasteiger partial charge is 0.481 e. The second kappa shape index (κ2) is 7.01. The molecule has 0 saturated heterocycles. The van der Waals surface area contributed by atoms with Crippen LogP contribution in [0.25, 0.3) is 11.4 Å². The number of benzene rings is 1. The quantitative estimate of drug-likeness (QED) is 0.645. The van der Waals surface area contributed by atoms with Gasteiger partial charge in [0, 0.05) is 10.0 Å². The normalized spacial score (nSPS) is 10.8. The molecule has 3 rings (SSSR count). The Balaban J connectivity index is 1.97. The maximum Gasteiger partial charge on any atom is 0.313 e. The highest BCUT2D eigenvalue weighted by Gasteiger charge is 2.16. The van der Waals surface area contributed by atoms with E-state index in [1.54, 1.807) is 6.26 Å². The molecule has 0 atom stereocenters. The molecule has 8 heteroatoms. The Morgan fingerprint density at radius 1 is 1.26 bits per heavy atom. The van der Waals surface area contributed by atoms with Gasteiger partial charge in [0.25, 0.3) is 0 Å². The minimum Gasteiger partial charge on any atom is -0.481 e. The number of aliphatic carboxylic acids is 1. The molecule has 0 aliphatic heterocycles. The lowest BCUT2D eigenvalue weighted by atomic mass is 10.2. The van der Waals surface area contributed by atoms with Crippen LogP contribution in [0.2, 0.25) is 0 Å². The van der Waals surface area contributed by atoms with Gasteiger partial charge >= 0.3 is 5.97 Å². The van der Waals surface area contributed by atoms with Gasteiger partial charge in [0.2, 0.25) is 0 Å². The highest BCUT2D eigenvalue weighted by Crippen LogP contribution is 2.26. The summed E-state index contributed by atoms with van der Waals surface area (Å²) in [4.78, 5) is 10.8. The van der Waals surface area contributed by atoms with Crippen molar-refractivity contribution < 1.29 is 14.3 Å². The highest BCUT2D eigenvalue weighted by atomic mass is 79.9. The maximum absolute atomic E-state index is 10.8. The van der Waals surface area contributed by atoms with E-state index in [9.17, 15) is 4.79 Å². The Morgan fingerprint density at radius 3 is 2.70 bits per heavy atom. The molecule has 23 heavy (non-hydrogen) atoms. The van der Waals surface area contributed by atoms with Crippen molar-refractivity contribution in [2.24, 2.45) is 0 Å². The van der Waals surface area contributed by atoms with Crippen LogP contribution >= 0.6 is 27.7 Å². The van der Waals surface area contributed by atoms with Gasteiger partial charge in [-0.15, -0.1) is 10.2 Å². The summed E-state index contributed by atoms with van der Waals surface area (Å²) in [5, 5.41) is 17.8. The molecular weight excluding hydrogens is 382 g/mol. The SMILES string of the molecule is O=C(O)CSc1nnc(-c2ccc(Br)cc2)n1Cc1ccco1. The van der Waals surface area contributed by atoms with Gasteiger partial charge in [-0.25, -0.2) is 0 Å². The van der Waals surface area contributed by atoms with Crippen LogP contribution in [0.5, 0.6) is 0 Å². The first-order chi connectivity index (χ1) is 11.1. The number of hydrogen-bond acceptors (Lipinski definition) is 5. The molecular formula is C15H12BrN3O3S. The summed E-state index contributed by atoms with van der Waals surface area (Å²) in [7, 11) is 0. The van der Waals surface area contributed by atoms with Crippen molar-refractivity contribution in [2.45, 2.75) is 11.7 Å². The average Bonchev–Trinajstić information content (AvgIpc) is 3.17. The molecule has 6 nitrogen and oxygen atoms in total. The monoisotopic (exact) mass is 393 g/mol. The molecule has 0 amide bonds. The van der Waals surface area contributed by atoms with E-state index in [0.29, 0.717) is 17.5 Å². The Morgan fingerprint density at radius 2 is 2.04 bits per heavy atom. The lowest BCUT2D eigenvalue weighted by Gasteiger charge is -2.08. The van der Waals surface area contributed by atoms with Crippen molar-refractivity contribution in [3.05, 3.63) is 52.9 Å². The Kier molecular flexibility index (Phi) is 4.82. The average molecular weight is 394 g/mol. The number of thioether (sulfide) groups is 1. The number of rotatable bonds is 6. The number of halogens is 1. The zero-order chi connectivity index (χ0) is 16.2. The van der Waals surface area contributed by atoms with Gasteiger partial charge in [0.1, 0.15) is 5.76 Å². The van der Waals surface area contributed by atoms with E-state index >= 15 is 0 Å². The molecule has 0 aliphatic rings. The van der Waals surface area contributed by atoms with Crippen LogP contribution in [-0.4, -0.2) is 31.6 Å². The number of carboxylic acid groups (broad SMARTS) is 1. The molecule has 0 radical (unpaired) electrons. The zero-order valence-corrected chi connectivity index (χ0v) is 14.2. The van der Waals surface area contributed by atoms with Gasteiger partial charge in [-0.1, -0.05) is 39.8 Å². The standard InChI is InChI=1S/C15H12BrN3O3S/c16-11-5-3-10(4-6-11)14-17-18-15(23-9-13(20)21)19(14)8-12-2-1-7-22-12/h1-7H,8-9H2,(H,20,21). The second-order valence-electron chi connectivity index (χ2n) is 4.66. The molecule has 0 unspecified atom stereocenters. The molecule has 0 fully saturated rings. The minimum absolute atomic E-state index is 0.0728. The van der Waals surface area contributed by atoms with Gasteiger partial charge in [0.05, 0.1) is 18.6 Å². The molecule has 2 aromatic heterocycles. The summed E-state index contributed by atoms with van der Waals surface area (Å²) >= 11 is 4.54. The molecule has 0 aliphatic carbocycles. The van der Waals surface area contributed by atoms with Gasteiger partial charge in [0.15, 0.2) is 11.0 Å². The summed E-state index contributed by atoms with van der Waals surface area (Å²) in [5.41, 5.74) is 0.898. The van der Waals surface area contributed by atoms with E-state index in [1.807, 2.05) is 41.0 Å². The van der Waals surface area contributed by atoms with Crippen molar-refractivity contribution in [2.75, 3.05) is 5.75 Å². The second-order valence-corrected chi connectivity index (χ2v) is 6.52. The van der Waals surface area contributed by atoms with E-state index in [4.69, 9.17) is 9.52 Å². The maximum atomic E-state index is 10.8. The lowest BCUT2D eigenvalue weighted by Crippen LogP contribution is -2.05. The van der Waals surface area contributed by atoms with Crippen molar-refractivity contribution in [3.8, 4) is 11.4 Å². The van der Waals surface area contributed by atoms with E-state index < -0.39 is 5.97 Å². The predicted molar refractivity (Wildman–Crippen MR) is 89.3 cm³/mol. The van der Waals surface area contributed by atoms with Crippen LogP contribution in [0.1, 0.15) is 5.76 Å². The van der Waals surface area contributed by atoms with Gasteiger partial charge < -0.3 is 9.52 Å². The summed E-state index contributed by atoms with van der Waals surface area (Å²) in [6.07, 6.45) is 1.60. The van der Waals surface area contributed by atoms with Crippen LogP contribution in [-0.2, 0) is 11.3 Å². The smallest absolute Gasteiger partial charge is 0.313 e. The molecule has 2 heterocycles. The Hall–Kier alpha value is -2.06. The lowest BCUT2D eigenvalue weighted by molar-refractivity contribution is -0.133. The van der Waals surface area contributed by atoms with E-state index in [0.717, 1.165) is 27.6 Å². The number of hydrogen-bond donors (Lipinski definition) is 1. The number of aromatic nitrogens is 3. The fraction of sp³-hybridized carbons (Fsp3) is 0.133. The van der Waals surface area contributed by atoms with Gasteiger partial charge in [-0.2, -0.15) is 0 Å². The predicted octanol–water partition coefficient (Wildman–Crippen LogP) is 3.53. The summed E-state index contributed by atoms with van der Waals surface area (Å²) in [6.45, 7) is 0.438. The first-order valence-corrected chi connectivity index (χ1v) is 8.47. The number of carbonyl (C=O) groups is 1. The molecule has 1 aromatic carbocycles. The number of furan rings is 1. The minimum atomic E-state index is -0.896.